The Kier molecular flexibility index (Phi) is 27.0. The average molecular weight is 371 g/mol. The highest BCUT2D eigenvalue weighted by molar-refractivity contribution is 4.49. The first-order valence-corrected chi connectivity index (χ1v) is 11.8. The van der Waals surface area contributed by atoms with Gasteiger partial charge in [0.1, 0.15) is 0 Å². The van der Waals surface area contributed by atoms with Crippen molar-refractivity contribution in [1.29, 1.82) is 0 Å². The maximum absolute atomic E-state index is 2.27. The molecule has 2 heteroatoms. The van der Waals surface area contributed by atoms with Gasteiger partial charge in [0.2, 0.25) is 0 Å². The molecule has 0 atom stereocenters. The van der Waals surface area contributed by atoms with E-state index < -0.39 is 0 Å². The first-order chi connectivity index (χ1) is 12.5. The van der Waals surface area contributed by atoms with Crippen molar-refractivity contribution in [3.8, 4) is 0 Å². The minimum atomic E-state index is 1.26. The van der Waals surface area contributed by atoms with E-state index in [9.17, 15) is 0 Å². The summed E-state index contributed by atoms with van der Waals surface area (Å²) in [5.74, 6) is 0. The molecule has 0 saturated heterocycles. The van der Waals surface area contributed by atoms with Gasteiger partial charge in [0.05, 0.1) is 0 Å². The van der Waals surface area contributed by atoms with Crippen molar-refractivity contribution in [3.63, 3.8) is 0 Å². The summed E-state index contributed by atoms with van der Waals surface area (Å²) in [6.45, 7) is 7.07. The molecule has 0 aromatic rings. The number of hydrogen-bond acceptors (Lipinski definition) is 2. The van der Waals surface area contributed by atoms with E-state index >= 15 is 0 Å². The van der Waals surface area contributed by atoms with E-state index in [1.54, 1.807) is 0 Å². The molecule has 0 aliphatic rings. The summed E-state index contributed by atoms with van der Waals surface area (Å²) in [5.41, 5.74) is 0. The molecule has 0 amide bonds. The average Bonchev–Trinajstić information content (AvgIpc) is 2.60. The predicted octanol–water partition coefficient (Wildman–Crippen LogP) is 7.38. The summed E-state index contributed by atoms with van der Waals surface area (Å²) < 4.78 is 0. The van der Waals surface area contributed by atoms with Gasteiger partial charge in [0, 0.05) is 0 Å². The normalized spacial score (nSPS) is 11.1. The van der Waals surface area contributed by atoms with E-state index in [-0.39, 0.29) is 0 Å². The number of hydrogen-bond donors (Lipinski definition) is 0. The second kappa shape index (κ2) is 24.9. The number of rotatable bonds is 18. The summed E-state index contributed by atoms with van der Waals surface area (Å²) in [6.07, 6.45) is 22.8. The Labute approximate surface area is 168 Å². The molecule has 0 saturated carbocycles. The Hall–Kier alpha value is -0.0800. The van der Waals surface area contributed by atoms with Crippen LogP contribution in [0.5, 0.6) is 0 Å². The van der Waals surface area contributed by atoms with Crippen LogP contribution in [-0.2, 0) is 0 Å². The zero-order valence-corrected chi connectivity index (χ0v) is 19.6. The van der Waals surface area contributed by atoms with Gasteiger partial charge in [-0.15, -0.1) is 0 Å². The zero-order valence-electron chi connectivity index (χ0n) is 19.6. The Morgan fingerprint density at radius 1 is 0.346 bits per heavy atom. The van der Waals surface area contributed by atoms with E-state index in [1.165, 1.54) is 116 Å². The van der Waals surface area contributed by atoms with Crippen LogP contribution in [0.2, 0.25) is 0 Å². The van der Waals surface area contributed by atoms with E-state index in [0.717, 1.165) is 0 Å². The van der Waals surface area contributed by atoms with E-state index in [4.69, 9.17) is 0 Å². The predicted molar refractivity (Wildman–Crippen MR) is 122 cm³/mol. The minimum Gasteiger partial charge on any atom is -0.309 e. The van der Waals surface area contributed by atoms with Crippen molar-refractivity contribution < 1.29 is 0 Å². The lowest BCUT2D eigenvalue weighted by Crippen LogP contribution is -2.12. The summed E-state index contributed by atoms with van der Waals surface area (Å²) in [5, 5.41) is 0. The summed E-state index contributed by atoms with van der Waals surface area (Å²) in [4.78, 5) is 4.55. The van der Waals surface area contributed by atoms with Gasteiger partial charge in [-0.05, 0) is 54.1 Å². The second-order valence-corrected chi connectivity index (χ2v) is 8.56. The smallest absolute Gasteiger partial charge is 0.00248 e. The van der Waals surface area contributed by atoms with Gasteiger partial charge in [0.15, 0.2) is 0 Å². The molecule has 0 spiro atoms. The van der Waals surface area contributed by atoms with Gasteiger partial charge in [-0.25, -0.2) is 0 Å². The Morgan fingerprint density at radius 2 is 0.577 bits per heavy atom. The number of nitrogens with zero attached hydrogens (tertiary/aromatic N) is 2. The van der Waals surface area contributed by atoms with Gasteiger partial charge in [0.25, 0.3) is 0 Å². The summed E-state index contributed by atoms with van der Waals surface area (Å²) in [7, 11) is 8.62. The topological polar surface area (TPSA) is 6.48 Å². The van der Waals surface area contributed by atoms with Crippen molar-refractivity contribution in [2.45, 2.75) is 117 Å². The van der Waals surface area contributed by atoms with Gasteiger partial charge >= 0.3 is 0 Å². The standard InChI is InChI=1S/2C12H27N/c2*1-4-5-6-7-8-9-10-11-12-13(2)3/h2*4-12H2,1-3H3. The molecular weight excluding hydrogens is 316 g/mol. The van der Waals surface area contributed by atoms with Crippen LogP contribution in [0.3, 0.4) is 0 Å². The van der Waals surface area contributed by atoms with E-state index in [2.05, 4.69) is 51.8 Å². The molecule has 0 aliphatic heterocycles. The van der Waals surface area contributed by atoms with Crippen LogP contribution in [-0.4, -0.2) is 51.1 Å². The lowest BCUT2D eigenvalue weighted by atomic mass is 10.1. The molecule has 0 aromatic heterocycles. The highest BCUT2D eigenvalue weighted by Gasteiger charge is 1.93. The fourth-order valence-electron chi connectivity index (χ4n) is 3.12. The van der Waals surface area contributed by atoms with Crippen molar-refractivity contribution in [3.05, 3.63) is 0 Å². The third kappa shape index (κ3) is 31.7. The molecule has 26 heavy (non-hydrogen) atoms. The quantitative estimate of drug-likeness (QED) is 0.232. The molecule has 0 aromatic carbocycles. The lowest BCUT2D eigenvalue weighted by Gasteiger charge is -2.08. The van der Waals surface area contributed by atoms with Crippen LogP contribution >= 0.6 is 0 Å². The van der Waals surface area contributed by atoms with Crippen molar-refractivity contribution >= 4 is 0 Å². The lowest BCUT2D eigenvalue weighted by molar-refractivity contribution is 0.389. The molecular formula is C24H54N2. The van der Waals surface area contributed by atoms with Crippen LogP contribution in [0, 0.1) is 0 Å². The van der Waals surface area contributed by atoms with E-state index in [0.29, 0.717) is 0 Å². The van der Waals surface area contributed by atoms with Crippen LogP contribution in [0.1, 0.15) is 117 Å². The molecule has 2 nitrogen and oxygen atoms in total. The Morgan fingerprint density at radius 3 is 0.808 bits per heavy atom. The molecule has 0 fully saturated rings. The number of unbranched alkanes of at least 4 members (excludes halogenated alkanes) is 14. The molecule has 0 aliphatic carbocycles. The molecule has 0 rings (SSSR count). The molecule has 160 valence electrons. The fraction of sp³-hybridized carbons (Fsp3) is 1.00. The second-order valence-electron chi connectivity index (χ2n) is 8.56. The van der Waals surface area contributed by atoms with Crippen LogP contribution in [0.4, 0.5) is 0 Å². The zero-order chi connectivity index (χ0) is 19.9. The van der Waals surface area contributed by atoms with Crippen molar-refractivity contribution in [2.75, 3.05) is 41.3 Å². The Balaban J connectivity index is 0. The van der Waals surface area contributed by atoms with Gasteiger partial charge in [-0.2, -0.15) is 0 Å². The highest BCUT2D eigenvalue weighted by atomic mass is 15.0. The van der Waals surface area contributed by atoms with E-state index in [1.807, 2.05) is 0 Å². The van der Waals surface area contributed by atoms with Gasteiger partial charge in [-0.3, -0.25) is 0 Å². The fourth-order valence-corrected chi connectivity index (χ4v) is 3.12. The largest absolute Gasteiger partial charge is 0.309 e. The molecule has 0 bridgehead atoms. The third-order valence-electron chi connectivity index (χ3n) is 4.92. The minimum absolute atomic E-state index is 1.26. The highest BCUT2D eigenvalue weighted by Crippen LogP contribution is 2.09. The SMILES string of the molecule is CCCCCCCCCCN(C)C.CCCCCCCCCCN(C)C. The molecule has 0 N–H and O–H groups in total. The maximum Gasteiger partial charge on any atom is -0.00248 e. The van der Waals surface area contributed by atoms with Crippen molar-refractivity contribution in [1.82, 2.24) is 9.80 Å². The monoisotopic (exact) mass is 370 g/mol. The van der Waals surface area contributed by atoms with Crippen LogP contribution in [0.25, 0.3) is 0 Å². The third-order valence-corrected chi connectivity index (χ3v) is 4.92. The molecule has 0 unspecified atom stereocenters. The Bertz CT molecular complexity index is 202. The molecule has 0 radical (unpaired) electrons. The maximum atomic E-state index is 2.27. The van der Waals surface area contributed by atoms with Crippen LogP contribution in [0.15, 0.2) is 0 Å². The summed E-state index contributed by atoms with van der Waals surface area (Å²) in [6, 6.07) is 0. The van der Waals surface area contributed by atoms with Crippen molar-refractivity contribution in [2.24, 2.45) is 0 Å². The van der Waals surface area contributed by atoms with Gasteiger partial charge < -0.3 is 9.80 Å². The first-order valence-electron chi connectivity index (χ1n) is 11.8. The van der Waals surface area contributed by atoms with Gasteiger partial charge in [-0.1, -0.05) is 104 Å². The van der Waals surface area contributed by atoms with Crippen LogP contribution < -0.4 is 0 Å². The molecule has 0 heterocycles. The summed E-state index contributed by atoms with van der Waals surface area (Å²) >= 11 is 0. The first kappa shape index (κ1) is 28.1.